The van der Waals surface area contributed by atoms with E-state index in [2.05, 4.69) is 16.3 Å². The second kappa shape index (κ2) is 5.80. The molecule has 1 aromatic carbocycles. The lowest BCUT2D eigenvalue weighted by Gasteiger charge is -2.25. The first-order chi connectivity index (χ1) is 11.0. The number of hydrogen-bond acceptors (Lipinski definition) is 4. The van der Waals surface area contributed by atoms with E-state index in [9.17, 15) is 5.26 Å². The molecule has 0 amide bonds. The molecule has 1 atom stereocenters. The van der Waals surface area contributed by atoms with E-state index < -0.39 is 5.92 Å². The van der Waals surface area contributed by atoms with Gasteiger partial charge in [-0.15, -0.1) is 5.10 Å². The van der Waals surface area contributed by atoms with Crippen LogP contribution in [0.4, 0.5) is 0 Å². The Balaban J connectivity index is 2.31. The minimum absolute atomic E-state index is 0.0304. The number of aromatic amines is 1. The molecule has 0 aliphatic carbocycles. The summed E-state index contributed by atoms with van der Waals surface area (Å²) in [6.07, 6.45) is 0. The van der Waals surface area contributed by atoms with E-state index in [1.165, 1.54) is 0 Å². The van der Waals surface area contributed by atoms with Crippen molar-refractivity contribution in [1.82, 2.24) is 10.2 Å². The lowest BCUT2D eigenvalue weighted by Crippen LogP contribution is -2.21. The largest absolute Gasteiger partial charge is 0.420 e. The molecule has 23 heavy (non-hydrogen) atoms. The number of halogens is 2. The van der Waals surface area contributed by atoms with Crippen molar-refractivity contribution in [2.75, 3.05) is 0 Å². The molecule has 3 N–H and O–H groups in total. The Labute approximate surface area is 143 Å². The molecule has 0 spiro atoms. The zero-order valence-corrected chi connectivity index (χ0v) is 14.0. The van der Waals surface area contributed by atoms with Crippen molar-refractivity contribution in [3.8, 4) is 11.9 Å². The van der Waals surface area contributed by atoms with Gasteiger partial charge in [-0.25, -0.2) is 0 Å². The lowest BCUT2D eigenvalue weighted by atomic mass is 9.82. The summed E-state index contributed by atoms with van der Waals surface area (Å²) in [4.78, 5) is 0. The van der Waals surface area contributed by atoms with Crippen molar-refractivity contribution in [2.45, 2.75) is 25.7 Å². The highest BCUT2D eigenvalue weighted by atomic mass is 35.5. The van der Waals surface area contributed by atoms with Crippen molar-refractivity contribution in [2.24, 2.45) is 5.73 Å². The Bertz CT molecular complexity index is 848. The number of nitrogens with one attached hydrogen (secondary N) is 1. The van der Waals surface area contributed by atoms with Crippen molar-refractivity contribution in [3.05, 3.63) is 56.5 Å². The van der Waals surface area contributed by atoms with Gasteiger partial charge in [-0.1, -0.05) is 49.2 Å². The molecule has 0 saturated heterocycles. The number of allylic oxidation sites excluding steroid dienone is 1. The number of rotatable bonds is 2. The summed E-state index contributed by atoms with van der Waals surface area (Å²) in [5.41, 5.74) is 8.56. The van der Waals surface area contributed by atoms with Gasteiger partial charge in [0.25, 0.3) is 0 Å². The fraction of sp³-hybridized carbons (Fsp3) is 0.250. The lowest BCUT2D eigenvalue weighted by molar-refractivity contribution is 0.378. The topological polar surface area (TPSA) is 87.7 Å². The molecule has 1 aliphatic rings. The Morgan fingerprint density at radius 1 is 1.39 bits per heavy atom. The molecule has 3 rings (SSSR count). The van der Waals surface area contributed by atoms with E-state index in [-0.39, 0.29) is 11.8 Å². The molecule has 0 bridgehead atoms. The zero-order valence-electron chi connectivity index (χ0n) is 12.5. The first-order valence-corrected chi connectivity index (χ1v) is 7.81. The number of ether oxygens (including phenoxy) is 1. The third-order valence-electron chi connectivity index (χ3n) is 3.84. The third kappa shape index (κ3) is 2.44. The molecule has 118 valence electrons. The summed E-state index contributed by atoms with van der Waals surface area (Å²) in [6, 6.07) is 7.45. The zero-order chi connectivity index (χ0) is 16.7. The molecule has 2 aromatic rings. The van der Waals surface area contributed by atoms with Crippen LogP contribution in [0, 0.1) is 11.3 Å². The van der Waals surface area contributed by atoms with Crippen molar-refractivity contribution < 1.29 is 4.74 Å². The molecule has 0 saturated carbocycles. The molecular weight excluding hydrogens is 335 g/mol. The highest BCUT2D eigenvalue weighted by Gasteiger charge is 2.36. The Hall–Kier alpha value is -2.16. The number of H-pyrrole nitrogens is 1. The van der Waals surface area contributed by atoms with Gasteiger partial charge in [0.15, 0.2) is 0 Å². The number of benzene rings is 1. The molecule has 5 nitrogen and oxygen atoms in total. The predicted molar refractivity (Wildman–Crippen MR) is 88.4 cm³/mol. The summed E-state index contributed by atoms with van der Waals surface area (Å²) in [5.74, 6) is 0.0924. The van der Waals surface area contributed by atoms with Gasteiger partial charge >= 0.3 is 0 Å². The first kappa shape index (κ1) is 15.7. The maximum Gasteiger partial charge on any atom is 0.244 e. The van der Waals surface area contributed by atoms with Crippen LogP contribution in [-0.4, -0.2) is 10.2 Å². The summed E-state index contributed by atoms with van der Waals surface area (Å²) in [6.45, 7) is 4.05. The second-order valence-corrected chi connectivity index (χ2v) is 6.36. The van der Waals surface area contributed by atoms with Crippen LogP contribution in [0.3, 0.4) is 0 Å². The van der Waals surface area contributed by atoms with Crippen LogP contribution in [0.5, 0.6) is 5.88 Å². The van der Waals surface area contributed by atoms with Gasteiger partial charge in [-0.05, 0) is 17.5 Å². The van der Waals surface area contributed by atoms with Crippen LogP contribution >= 0.6 is 23.2 Å². The number of aromatic nitrogens is 2. The highest BCUT2D eigenvalue weighted by molar-refractivity contribution is 6.42. The van der Waals surface area contributed by atoms with E-state index in [1.807, 2.05) is 19.9 Å². The average Bonchev–Trinajstić information content (AvgIpc) is 2.92. The maximum absolute atomic E-state index is 9.57. The van der Waals surface area contributed by atoms with E-state index in [0.717, 1.165) is 11.3 Å². The third-order valence-corrected chi connectivity index (χ3v) is 4.67. The fourth-order valence-corrected chi connectivity index (χ4v) is 3.18. The minimum Gasteiger partial charge on any atom is -0.420 e. The first-order valence-electron chi connectivity index (χ1n) is 7.05. The molecule has 1 unspecified atom stereocenters. The van der Waals surface area contributed by atoms with Crippen molar-refractivity contribution in [3.63, 3.8) is 0 Å². The van der Waals surface area contributed by atoms with Gasteiger partial charge in [0, 0.05) is 5.69 Å². The van der Waals surface area contributed by atoms with Gasteiger partial charge in [0.1, 0.15) is 11.6 Å². The summed E-state index contributed by atoms with van der Waals surface area (Å²) in [5, 5.41) is 17.5. The predicted octanol–water partition coefficient (Wildman–Crippen LogP) is 4.06. The quantitative estimate of drug-likeness (QED) is 0.856. The summed E-state index contributed by atoms with van der Waals surface area (Å²) >= 11 is 12.5. The molecule has 0 fully saturated rings. The van der Waals surface area contributed by atoms with Crippen LogP contribution in [-0.2, 0) is 0 Å². The molecule has 7 heteroatoms. The SMILES string of the molecule is CC(C)c1[nH]nc2c1C(c1cccc(Cl)c1Cl)C(C#N)=C(N)O2. The van der Waals surface area contributed by atoms with Crippen LogP contribution < -0.4 is 10.5 Å². The number of fused-ring (bicyclic) bond motifs is 1. The van der Waals surface area contributed by atoms with E-state index in [1.54, 1.807) is 12.1 Å². The van der Waals surface area contributed by atoms with Crippen molar-refractivity contribution in [1.29, 1.82) is 5.26 Å². The van der Waals surface area contributed by atoms with Gasteiger partial charge in [0.2, 0.25) is 11.8 Å². The van der Waals surface area contributed by atoms with Crippen LogP contribution in [0.2, 0.25) is 10.0 Å². The molecule has 0 radical (unpaired) electrons. The van der Waals surface area contributed by atoms with Crippen molar-refractivity contribution >= 4 is 23.2 Å². The monoisotopic (exact) mass is 348 g/mol. The Morgan fingerprint density at radius 3 is 2.78 bits per heavy atom. The van der Waals surface area contributed by atoms with Crippen LogP contribution in [0.15, 0.2) is 29.7 Å². The molecule has 1 aliphatic heterocycles. The number of nitrogens with two attached hydrogens (primary N) is 1. The highest BCUT2D eigenvalue weighted by Crippen LogP contribution is 2.47. The second-order valence-electron chi connectivity index (χ2n) is 5.58. The average molecular weight is 349 g/mol. The number of hydrogen-bond donors (Lipinski definition) is 2. The summed E-state index contributed by atoms with van der Waals surface area (Å²) < 4.78 is 5.50. The van der Waals surface area contributed by atoms with Gasteiger partial charge in [-0.3, -0.25) is 5.10 Å². The fourth-order valence-electron chi connectivity index (χ4n) is 2.76. The number of nitrogens with zero attached hydrogens (tertiary/aromatic N) is 2. The standard InChI is InChI=1S/C16H14Cl2N4O/c1-7(2)14-12-11(8-4-3-5-10(17)13(8)18)9(6-19)15(20)23-16(12)22-21-14/h3-5,7,11H,20H2,1-2H3,(H,21,22). The molecule has 1 aromatic heterocycles. The van der Waals surface area contributed by atoms with Gasteiger partial charge < -0.3 is 10.5 Å². The summed E-state index contributed by atoms with van der Waals surface area (Å²) in [7, 11) is 0. The van der Waals surface area contributed by atoms with Gasteiger partial charge in [-0.2, -0.15) is 5.26 Å². The Morgan fingerprint density at radius 2 is 2.13 bits per heavy atom. The molecular formula is C16H14Cl2N4O. The van der Waals surface area contributed by atoms with E-state index in [0.29, 0.717) is 27.1 Å². The van der Waals surface area contributed by atoms with Gasteiger partial charge in [0.05, 0.1) is 21.5 Å². The molecule has 2 heterocycles. The number of nitriles is 1. The maximum atomic E-state index is 9.57. The normalized spacial score (nSPS) is 17.0. The van der Waals surface area contributed by atoms with E-state index in [4.69, 9.17) is 33.7 Å². The van der Waals surface area contributed by atoms with Crippen LogP contribution in [0.1, 0.15) is 42.5 Å². The minimum atomic E-state index is -0.467. The van der Waals surface area contributed by atoms with E-state index >= 15 is 0 Å². The Kier molecular flexibility index (Phi) is 3.97. The smallest absolute Gasteiger partial charge is 0.244 e. The van der Waals surface area contributed by atoms with Crippen LogP contribution in [0.25, 0.3) is 0 Å².